The van der Waals surface area contributed by atoms with Gasteiger partial charge in [0.25, 0.3) is 0 Å². The minimum Gasteiger partial charge on any atom is -0.257 e. The fraction of sp³-hybridized carbons (Fsp3) is 0.0909. The van der Waals surface area contributed by atoms with Crippen LogP contribution in [-0.2, 0) is 10.0 Å². The Morgan fingerprint density at radius 3 is 2.68 bits per heavy atom. The van der Waals surface area contributed by atoms with Gasteiger partial charge in [-0.1, -0.05) is 41.7 Å². The summed E-state index contributed by atoms with van der Waals surface area (Å²) in [6.45, 7) is 0. The lowest BCUT2D eigenvalue weighted by Crippen LogP contribution is -2.09. The molecule has 0 aliphatic rings. The summed E-state index contributed by atoms with van der Waals surface area (Å²) in [7, 11) is -3.32. The Kier molecular flexibility index (Phi) is 2.76. The number of benzene rings is 1. The molecular formula is C11H10N4O2S2. The van der Waals surface area contributed by atoms with E-state index in [2.05, 4.69) is 14.8 Å². The van der Waals surface area contributed by atoms with Crippen molar-refractivity contribution in [3.63, 3.8) is 0 Å². The van der Waals surface area contributed by atoms with Crippen molar-refractivity contribution in [2.45, 2.75) is 0 Å². The number of nitrogens with zero attached hydrogens (tertiary/aromatic N) is 3. The minimum absolute atomic E-state index is 0.308. The number of hydrogen-bond acceptors (Lipinski definition) is 5. The molecular weight excluding hydrogens is 284 g/mol. The van der Waals surface area contributed by atoms with Gasteiger partial charge < -0.3 is 0 Å². The Labute approximate surface area is 113 Å². The number of anilines is 1. The molecule has 0 fully saturated rings. The lowest BCUT2D eigenvalue weighted by atomic mass is 10.2. The molecule has 6 nitrogen and oxygen atoms in total. The lowest BCUT2D eigenvalue weighted by Gasteiger charge is -1.98. The molecule has 0 spiro atoms. The standard InChI is InChI=1S/C11H10N4O2S2/c1-19(16,17)14-10-13-15-9(7-12-11(15)18-10)8-5-3-2-4-6-8/h2-7H,1H3,(H,13,14). The van der Waals surface area contributed by atoms with Gasteiger partial charge in [-0.3, -0.25) is 4.72 Å². The molecule has 98 valence electrons. The molecule has 1 aromatic carbocycles. The van der Waals surface area contributed by atoms with Gasteiger partial charge in [-0.15, -0.1) is 5.10 Å². The zero-order valence-corrected chi connectivity index (χ0v) is 11.6. The highest BCUT2D eigenvalue weighted by Crippen LogP contribution is 2.25. The predicted molar refractivity (Wildman–Crippen MR) is 74.8 cm³/mol. The van der Waals surface area contributed by atoms with Crippen molar-refractivity contribution in [2.75, 3.05) is 11.0 Å². The van der Waals surface area contributed by atoms with Crippen molar-refractivity contribution in [1.29, 1.82) is 0 Å². The van der Waals surface area contributed by atoms with Gasteiger partial charge in [0.2, 0.25) is 20.1 Å². The summed E-state index contributed by atoms with van der Waals surface area (Å²) >= 11 is 1.19. The Hall–Kier alpha value is -1.93. The Morgan fingerprint density at radius 2 is 2.00 bits per heavy atom. The molecule has 1 N–H and O–H groups in total. The van der Waals surface area contributed by atoms with E-state index < -0.39 is 10.0 Å². The van der Waals surface area contributed by atoms with Crippen LogP contribution in [0.4, 0.5) is 5.13 Å². The third kappa shape index (κ3) is 2.45. The zero-order chi connectivity index (χ0) is 13.5. The Morgan fingerprint density at radius 1 is 1.26 bits per heavy atom. The van der Waals surface area contributed by atoms with E-state index in [1.807, 2.05) is 30.3 Å². The van der Waals surface area contributed by atoms with Crippen molar-refractivity contribution >= 4 is 31.5 Å². The molecule has 0 saturated carbocycles. The van der Waals surface area contributed by atoms with E-state index in [0.29, 0.717) is 10.1 Å². The van der Waals surface area contributed by atoms with Crippen molar-refractivity contribution in [3.8, 4) is 11.3 Å². The summed E-state index contributed by atoms with van der Waals surface area (Å²) in [5, 5.41) is 4.52. The van der Waals surface area contributed by atoms with Crippen LogP contribution in [0.15, 0.2) is 36.5 Å². The molecule has 3 aromatic rings. The fourth-order valence-corrected chi connectivity index (χ4v) is 3.30. The van der Waals surface area contributed by atoms with E-state index in [4.69, 9.17) is 0 Å². The van der Waals surface area contributed by atoms with E-state index in [9.17, 15) is 8.42 Å². The summed E-state index contributed by atoms with van der Waals surface area (Å²) < 4.78 is 26.3. The minimum atomic E-state index is -3.32. The molecule has 2 aromatic heterocycles. The number of imidazole rings is 1. The normalized spacial score (nSPS) is 11.8. The van der Waals surface area contributed by atoms with E-state index in [-0.39, 0.29) is 0 Å². The fourth-order valence-electron chi connectivity index (χ4n) is 1.70. The van der Waals surface area contributed by atoms with E-state index in [0.717, 1.165) is 17.5 Å². The summed E-state index contributed by atoms with van der Waals surface area (Å²) in [6, 6.07) is 9.69. The summed E-state index contributed by atoms with van der Waals surface area (Å²) in [5.74, 6) is 0. The van der Waals surface area contributed by atoms with Crippen LogP contribution in [0.1, 0.15) is 0 Å². The maximum Gasteiger partial charge on any atom is 0.231 e. The van der Waals surface area contributed by atoms with Gasteiger partial charge in [-0.25, -0.2) is 17.9 Å². The van der Waals surface area contributed by atoms with Crippen molar-refractivity contribution in [2.24, 2.45) is 0 Å². The first kappa shape index (κ1) is 12.1. The van der Waals surface area contributed by atoms with Crippen LogP contribution in [-0.4, -0.2) is 29.3 Å². The topological polar surface area (TPSA) is 76.4 Å². The summed E-state index contributed by atoms with van der Waals surface area (Å²) in [6.07, 6.45) is 2.81. The van der Waals surface area contributed by atoms with Gasteiger partial charge in [-0.05, 0) is 0 Å². The molecule has 3 rings (SSSR count). The average molecular weight is 294 g/mol. The molecule has 0 unspecified atom stereocenters. The largest absolute Gasteiger partial charge is 0.257 e. The molecule has 0 amide bonds. The molecule has 0 saturated heterocycles. The van der Waals surface area contributed by atoms with Crippen LogP contribution in [0, 0.1) is 0 Å². The monoisotopic (exact) mass is 294 g/mol. The summed E-state index contributed by atoms with van der Waals surface area (Å²) in [4.78, 5) is 4.87. The van der Waals surface area contributed by atoms with Crippen molar-refractivity contribution in [1.82, 2.24) is 14.6 Å². The van der Waals surface area contributed by atoms with Gasteiger partial charge in [0.1, 0.15) is 0 Å². The predicted octanol–water partition coefficient (Wildman–Crippen LogP) is 1.83. The van der Waals surface area contributed by atoms with Gasteiger partial charge >= 0.3 is 0 Å². The highest BCUT2D eigenvalue weighted by Gasteiger charge is 2.13. The number of aromatic nitrogens is 3. The van der Waals surface area contributed by atoms with E-state index in [1.165, 1.54) is 11.3 Å². The highest BCUT2D eigenvalue weighted by molar-refractivity contribution is 7.92. The Bertz CT molecular complexity index is 821. The molecule has 8 heteroatoms. The SMILES string of the molecule is CS(=O)(=O)Nc1nn2c(-c3ccccc3)cnc2s1. The second-order valence-corrected chi connectivity index (χ2v) is 6.69. The first-order valence-corrected chi connectivity index (χ1v) is 8.11. The molecule has 0 radical (unpaired) electrons. The lowest BCUT2D eigenvalue weighted by molar-refractivity contribution is 0.606. The maximum atomic E-state index is 11.2. The number of fused-ring (bicyclic) bond motifs is 1. The third-order valence-corrected chi connectivity index (χ3v) is 3.96. The number of hydrogen-bond donors (Lipinski definition) is 1. The second-order valence-electron chi connectivity index (χ2n) is 3.99. The molecule has 0 bridgehead atoms. The van der Waals surface area contributed by atoms with Crippen LogP contribution < -0.4 is 4.72 Å². The van der Waals surface area contributed by atoms with Gasteiger partial charge in [0, 0.05) is 5.56 Å². The van der Waals surface area contributed by atoms with Crippen LogP contribution in [0.25, 0.3) is 16.2 Å². The van der Waals surface area contributed by atoms with Crippen LogP contribution in [0.2, 0.25) is 0 Å². The smallest absolute Gasteiger partial charge is 0.231 e. The quantitative estimate of drug-likeness (QED) is 0.799. The Balaban J connectivity index is 2.09. The van der Waals surface area contributed by atoms with Crippen molar-refractivity contribution in [3.05, 3.63) is 36.5 Å². The maximum absolute atomic E-state index is 11.2. The average Bonchev–Trinajstić information content (AvgIpc) is 2.87. The molecule has 0 aliphatic carbocycles. The van der Waals surface area contributed by atoms with Crippen LogP contribution in [0.5, 0.6) is 0 Å². The van der Waals surface area contributed by atoms with Crippen LogP contribution >= 0.6 is 11.3 Å². The van der Waals surface area contributed by atoms with Crippen LogP contribution in [0.3, 0.4) is 0 Å². The molecule has 0 aliphatic heterocycles. The van der Waals surface area contributed by atoms with E-state index in [1.54, 1.807) is 10.7 Å². The number of rotatable bonds is 3. The second kappa shape index (κ2) is 4.32. The van der Waals surface area contributed by atoms with E-state index >= 15 is 0 Å². The van der Waals surface area contributed by atoms with Gasteiger partial charge in [0.05, 0.1) is 18.1 Å². The zero-order valence-electron chi connectivity index (χ0n) is 9.94. The number of sulfonamides is 1. The molecule has 0 atom stereocenters. The number of nitrogens with one attached hydrogen (secondary N) is 1. The van der Waals surface area contributed by atoms with Crippen molar-refractivity contribution < 1.29 is 8.42 Å². The first-order valence-electron chi connectivity index (χ1n) is 5.41. The molecule has 19 heavy (non-hydrogen) atoms. The summed E-state index contributed by atoms with van der Waals surface area (Å²) in [5.41, 5.74) is 1.81. The molecule has 2 heterocycles. The van der Waals surface area contributed by atoms with Gasteiger partial charge in [0.15, 0.2) is 0 Å². The third-order valence-electron chi connectivity index (χ3n) is 2.43. The highest BCUT2D eigenvalue weighted by atomic mass is 32.2. The van der Waals surface area contributed by atoms with Gasteiger partial charge in [-0.2, -0.15) is 0 Å². The first-order chi connectivity index (χ1) is 9.03.